The molecule has 0 saturated heterocycles. The van der Waals surface area contributed by atoms with Crippen LogP contribution in [0.4, 0.5) is 13.2 Å². The normalized spacial score (nSPS) is 12.1. The van der Waals surface area contributed by atoms with Crippen molar-refractivity contribution in [1.29, 1.82) is 0 Å². The first-order valence-corrected chi connectivity index (χ1v) is 9.74. The smallest absolute Gasteiger partial charge is 0.419 e. The van der Waals surface area contributed by atoms with Crippen LogP contribution in [0.1, 0.15) is 23.1 Å². The van der Waals surface area contributed by atoms with E-state index in [1.54, 1.807) is 0 Å². The van der Waals surface area contributed by atoms with Gasteiger partial charge in [-0.15, -0.1) is 12.4 Å². The molecule has 166 valence electrons. The van der Waals surface area contributed by atoms with Crippen molar-refractivity contribution in [3.63, 3.8) is 0 Å². The van der Waals surface area contributed by atoms with Gasteiger partial charge in [0.05, 0.1) is 30.9 Å². The summed E-state index contributed by atoms with van der Waals surface area (Å²) in [6.45, 7) is -0.924. The summed E-state index contributed by atoms with van der Waals surface area (Å²) in [6, 6.07) is 11.4. The van der Waals surface area contributed by atoms with Crippen LogP contribution in [0.3, 0.4) is 0 Å². The zero-order valence-electron chi connectivity index (χ0n) is 16.0. The van der Waals surface area contributed by atoms with Crippen LogP contribution in [0.15, 0.2) is 53.0 Å². The molecule has 0 amide bonds. The zero-order chi connectivity index (χ0) is 21.5. The highest BCUT2D eigenvalue weighted by Gasteiger charge is 2.34. The Balaban J connectivity index is 0.00000450. The monoisotopic (exact) mass is 509 g/mol. The molecule has 0 saturated carbocycles. The number of aliphatic hydroxyl groups is 2. The van der Waals surface area contributed by atoms with E-state index in [4.69, 9.17) is 20.7 Å². The number of nitrogens with two attached hydrogens (primary N) is 1. The van der Waals surface area contributed by atoms with E-state index in [1.165, 1.54) is 24.3 Å². The lowest BCUT2D eigenvalue weighted by molar-refractivity contribution is -0.139. The number of aliphatic hydroxyl groups excluding tert-OH is 2. The molecular weight excluding hydrogens is 487 g/mol. The topological polar surface area (TPSA) is 75.7 Å². The summed E-state index contributed by atoms with van der Waals surface area (Å²) in [6.07, 6.45) is -0.710. The van der Waals surface area contributed by atoms with Gasteiger partial charge in [0.2, 0.25) is 0 Å². The Kier molecular flexibility index (Phi) is 10.3. The molecule has 0 unspecified atom stereocenters. The molecule has 30 heavy (non-hydrogen) atoms. The zero-order valence-corrected chi connectivity index (χ0v) is 18.4. The molecule has 0 aliphatic heterocycles. The van der Waals surface area contributed by atoms with Crippen LogP contribution in [0.5, 0.6) is 5.75 Å². The average Bonchev–Trinajstić information content (AvgIpc) is 2.70. The molecule has 4 N–H and O–H groups in total. The highest BCUT2D eigenvalue weighted by atomic mass is 79.9. The molecule has 0 fully saturated rings. The molecule has 2 aromatic carbocycles. The molecule has 0 aliphatic carbocycles. The molecule has 0 bridgehead atoms. The summed E-state index contributed by atoms with van der Waals surface area (Å²) in [7, 11) is 0. The van der Waals surface area contributed by atoms with Gasteiger partial charge in [-0.3, -0.25) is 0 Å². The van der Waals surface area contributed by atoms with Gasteiger partial charge in [0.1, 0.15) is 5.75 Å². The predicted octanol–water partition coefficient (Wildman–Crippen LogP) is 4.60. The first-order valence-electron chi connectivity index (χ1n) is 8.95. The van der Waals surface area contributed by atoms with E-state index in [0.29, 0.717) is 12.8 Å². The summed E-state index contributed by atoms with van der Waals surface area (Å²) in [5, 5.41) is 18.3. The summed E-state index contributed by atoms with van der Waals surface area (Å²) in [5.41, 5.74) is 4.71. The summed E-state index contributed by atoms with van der Waals surface area (Å²) in [5.74, 6) is -0.242. The third-order valence-electron chi connectivity index (χ3n) is 4.29. The average molecular weight is 511 g/mol. The van der Waals surface area contributed by atoms with Gasteiger partial charge in [-0.25, -0.2) is 0 Å². The fraction of sp³-hybridized carbons (Fsp3) is 0.333. The first-order chi connectivity index (χ1) is 13.7. The largest absolute Gasteiger partial charge is 0.493 e. The molecule has 0 spiro atoms. The molecule has 9 heteroatoms. The van der Waals surface area contributed by atoms with Crippen molar-refractivity contribution in [1.82, 2.24) is 0 Å². The summed E-state index contributed by atoms with van der Waals surface area (Å²) >= 11 is 3.35. The van der Waals surface area contributed by atoms with Crippen molar-refractivity contribution in [2.75, 3.05) is 19.8 Å². The fourth-order valence-electron chi connectivity index (χ4n) is 2.53. The van der Waals surface area contributed by atoms with Gasteiger partial charge < -0.3 is 20.7 Å². The molecule has 4 nitrogen and oxygen atoms in total. The van der Waals surface area contributed by atoms with Crippen LogP contribution >= 0.6 is 28.3 Å². The van der Waals surface area contributed by atoms with Crippen molar-refractivity contribution < 1.29 is 28.1 Å². The van der Waals surface area contributed by atoms with E-state index in [2.05, 4.69) is 15.9 Å². The number of benzene rings is 2. The lowest BCUT2D eigenvalue weighted by Crippen LogP contribution is -2.45. The fourth-order valence-corrected chi connectivity index (χ4v) is 2.79. The predicted molar refractivity (Wildman–Crippen MR) is 117 cm³/mol. The summed E-state index contributed by atoms with van der Waals surface area (Å²) < 4.78 is 46.7. The molecule has 2 rings (SSSR count). The van der Waals surface area contributed by atoms with Crippen molar-refractivity contribution in [2.24, 2.45) is 5.73 Å². The lowest BCUT2D eigenvalue weighted by atomic mass is 10.0. The van der Waals surface area contributed by atoms with Gasteiger partial charge in [0.15, 0.2) is 0 Å². The van der Waals surface area contributed by atoms with Crippen LogP contribution < -0.4 is 10.5 Å². The van der Waals surface area contributed by atoms with Gasteiger partial charge in [-0.2, -0.15) is 13.2 Å². The first kappa shape index (κ1) is 26.5. The van der Waals surface area contributed by atoms with Crippen LogP contribution in [-0.4, -0.2) is 35.6 Å². The Bertz CT molecular complexity index is 825. The Labute approximate surface area is 188 Å². The van der Waals surface area contributed by atoms with E-state index in [9.17, 15) is 13.2 Å². The van der Waals surface area contributed by atoms with Gasteiger partial charge in [-0.05, 0) is 48.2 Å². The molecular formula is C21H24BrClF3NO3. The molecule has 0 aliphatic rings. The van der Waals surface area contributed by atoms with Gasteiger partial charge in [0, 0.05) is 4.47 Å². The number of aryl methyl sites for hydroxylation is 1. The maximum atomic E-state index is 13.4. The molecule has 0 radical (unpaired) electrons. The second kappa shape index (κ2) is 11.7. The van der Waals surface area contributed by atoms with Crippen molar-refractivity contribution in [3.05, 3.63) is 69.7 Å². The van der Waals surface area contributed by atoms with Crippen LogP contribution in [-0.2, 0) is 12.6 Å². The minimum absolute atomic E-state index is 0. The van der Waals surface area contributed by atoms with Gasteiger partial charge >= 0.3 is 6.18 Å². The molecule has 0 aromatic heterocycles. The highest BCUT2D eigenvalue weighted by molar-refractivity contribution is 9.10. The van der Waals surface area contributed by atoms with Crippen molar-refractivity contribution in [3.8, 4) is 5.75 Å². The Morgan fingerprint density at radius 3 is 2.23 bits per heavy atom. The van der Waals surface area contributed by atoms with Gasteiger partial charge in [-0.1, -0.05) is 46.3 Å². The van der Waals surface area contributed by atoms with Crippen LogP contribution in [0, 0.1) is 0 Å². The maximum absolute atomic E-state index is 13.4. The quantitative estimate of drug-likeness (QED) is 0.431. The highest BCUT2D eigenvalue weighted by Crippen LogP contribution is 2.37. The Morgan fingerprint density at radius 2 is 1.67 bits per heavy atom. The number of hydrogen-bond donors (Lipinski definition) is 3. The molecule has 2 aromatic rings. The lowest BCUT2D eigenvalue weighted by Gasteiger charge is -2.20. The third kappa shape index (κ3) is 7.92. The standard InChI is InChI=1S/C21H23BrF3NO3.ClH/c22-17-6-3-15(4-7-17)2-1-11-29-19-8-5-16(12-18(19)21(23,24)25)9-10-20(26,13-27)14-28;/h3-10,12,27-28H,1-2,11,13-14,26H2;1H. The number of alkyl halides is 3. The Morgan fingerprint density at radius 1 is 1.03 bits per heavy atom. The number of hydrogen-bond acceptors (Lipinski definition) is 4. The van der Waals surface area contributed by atoms with E-state index in [1.807, 2.05) is 24.3 Å². The number of rotatable bonds is 9. The van der Waals surface area contributed by atoms with E-state index < -0.39 is 30.5 Å². The number of halogens is 5. The van der Waals surface area contributed by atoms with Gasteiger partial charge in [0.25, 0.3) is 0 Å². The third-order valence-corrected chi connectivity index (χ3v) is 4.81. The van der Waals surface area contributed by atoms with Crippen molar-refractivity contribution in [2.45, 2.75) is 24.6 Å². The number of ether oxygens (including phenoxy) is 1. The van der Waals surface area contributed by atoms with E-state index >= 15 is 0 Å². The minimum atomic E-state index is -4.58. The van der Waals surface area contributed by atoms with E-state index in [-0.39, 0.29) is 30.3 Å². The SMILES string of the molecule is Cl.NC(C=Cc1ccc(OCCCc2ccc(Br)cc2)c(C(F)(F)F)c1)(CO)CO. The van der Waals surface area contributed by atoms with E-state index in [0.717, 1.165) is 16.1 Å². The maximum Gasteiger partial charge on any atom is 0.419 e. The Hall–Kier alpha value is -1.58. The van der Waals surface area contributed by atoms with Crippen LogP contribution in [0.25, 0.3) is 6.08 Å². The second-order valence-corrected chi connectivity index (χ2v) is 7.63. The summed E-state index contributed by atoms with van der Waals surface area (Å²) in [4.78, 5) is 0. The molecule has 0 atom stereocenters. The minimum Gasteiger partial charge on any atom is -0.493 e. The second-order valence-electron chi connectivity index (χ2n) is 6.71. The van der Waals surface area contributed by atoms with Crippen molar-refractivity contribution >= 4 is 34.4 Å². The van der Waals surface area contributed by atoms with Crippen LogP contribution in [0.2, 0.25) is 0 Å². The molecule has 0 heterocycles.